The first-order chi connectivity index (χ1) is 49.5. The number of nitrogens with zero attached hydrogens (tertiary/aromatic N) is 2. The van der Waals surface area contributed by atoms with Gasteiger partial charge in [-0.05, 0) is 174 Å². The molecule has 0 spiro atoms. The van der Waals surface area contributed by atoms with Crippen molar-refractivity contribution in [2.75, 3.05) is 9.80 Å². The lowest BCUT2D eigenvalue weighted by molar-refractivity contribution is 0.668. The van der Waals surface area contributed by atoms with Crippen LogP contribution in [0.25, 0.3) is 133 Å². The van der Waals surface area contributed by atoms with E-state index in [0.717, 1.165) is 89.1 Å². The molecular weight excluding hydrogens is 1210 g/mol. The lowest BCUT2D eigenvalue weighted by Gasteiger charge is -2.26. The highest BCUT2D eigenvalue weighted by Crippen LogP contribution is 2.44. The number of benzene rings is 16. The molecule has 0 saturated heterocycles. The number of hydrogen-bond donors (Lipinski definition) is 0. The van der Waals surface area contributed by atoms with Crippen LogP contribution in [-0.4, -0.2) is 0 Å². The summed E-state index contributed by atoms with van der Waals surface area (Å²) >= 11 is 0. The van der Waals surface area contributed by atoms with E-state index in [1.165, 1.54) is 77.9 Å². The van der Waals surface area contributed by atoms with Gasteiger partial charge in [0.1, 0.15) is 22.3 Å². The molecule has 0 radical (unpaired) electrons. The number of anilines is 6. The Hall–Kier alpha value is -13.3. The molecule has 0 unspecified atom stereocenters. The quantitative estimate of drug-likeness (QED) is 0.109. The molecule has 0 bridgehead atoms. The van der Waals surface area contributed by atoms with Crippen LogP contribution in [0.5, 0.6) is 0 Å². The first-order valence-electron chi connectivity index (χ1n) is 34.0. The van der Waals surface area contributed by atoms with Crippen molar-refractivity contribution in [3.05, 3.63) is 400 Å². The van der Waals surface area contributed by atoms with Crippen LogP contribution in [0.4, 0.5) is 34.1 Å². The van der Waals surface area contributed by atoms with Gasteiger partial charge in [0.05, 0.1) is 0 Å². The van der Waals surface area contributed by atoms with E-state index in [1.54, 1.807) is 0 Å². The molecule has 0 aliphatic heterocycles. The average Bonchev–Trinajstić information content (AvgIpc) is 1.40. The maximum atomic E-state index is 6.37. The van der Waals surface area contributed by atoms with Gasteiger partial charge in [0, 0.05) is 67.8 Å². The van der Waals surface area contributed by atoms with E-state index in [-0.39, 0.29) is 0 Å². The molecule has 0 fully saturated rings. The van der Waals surface area contributed by atoms with Gasteiger partial charge in [0.15, 0.2) is 0 Å². The Morgan fingerprint density at radius 2 is 0.340 bits per heavy atom. The third kappa shape index (κ3) is 12.4. The fraction of sp³-hybridized carbons (Fsp3) is 0. The number of rotatable bonds is 14. The summed E-state index contributed by atoms with van der Waals surface area (Å²) in [4.78, 5) is 4.63. The highest BCUT2D eigenvalue weighted by molar-refractivity contribution is 6.07. The first-order valence-corrected chi connectivity index (χ1v) is 34.0. The van der Waals surface area contributed by atoms with Gasteiger partial charge in [-0.1, -0.05) is 303 Å². The van der Waals surface area contributed by atoms with Gasteiger partial charge < -0.3 is 18.6 Å². The zero-order valence-electron chi connectivity index (χ0n) is 54.8. The monoisotopic (exact) mass is 1280 g/mol. The van der Waals surface area contributed by atoms with Crippen LogP contribution in [0, 0.1) is 0 Å². The van der Waals surface area contributed by atoms with E-state index in [4.69, 9.17) is 8.83 Å². The van der Waals surface area contributed by atoms with Gasteiger partial charge in [-0.15, -0.1) is 0 Å². The Bertz CT molecular complexity index is 5580. The number of hydrogen-bond acceptors (Lipinski definition) is 4. The molecule has 0 aliphatic rings. The molecule has 4 heteroatoms. The summed E-state index contributed by atoms with van der Waals surface area (Å²) in [7, 11) is 0. The first kappa shape index (κ1) is 60.4. The predicted molar refractivity (Wildman–Crippen MR) is 420 cm³/mol. The summed E-state index contributed by atoms with van der Waals surface area (Å²) in [6, 6.07) is 142. The minimum atomic E-state index is 0.869. The van der Waals surface area contributed by atoms with Crippen LogP contribution < -0.4 is 9.80 Å². The largest absolute Gasteiger partial charge is 0.456 e. The molecule has 2 aromatic heterocycles. The summed E-state index contributed by atoms with van der Waals surface area (Å²) in [6.07, 6.45) is 0. The highest BCUT2D eigenvalue weighted by atomic mass is 16.3. The Morgan fingerprint density at radius 1 is 0.130 bits per heavy atom. The lowest BCUT2D eigenvalue weighted by atomic mass is 9.99. The van der Waals surface area contributed by atoms with Crippen LogP contribution in [-0.2, 0) is 0 Å². The van der Waals surface area contributed by atoms with Crippen molar-refractivity contribution in [1.82, 2.24) is 0 Å². The average molecular weight is 1280 g/mol. The fourth-order valence-electron chi connectivity index (χ4n) is 13.8. The molecule has 0 aliphatic carbocycles. The minimum absolute atomic E-state index is 0.869. The second-order valence-electron chi connectivity index (χ2n) is 25.2. The third-order valence-electron chi connectivity index (χ3n) is 19.0. The van der Waals surface area contributed by atoms with Gasteiger partial charge in [-0.2, -0.15) is 0 Å². The third-order valence-corrected chi connectivity index (χ3v) is 19.0. The Balaban J connectivity index is 0.000000150. The second-order valence-corrected chi connectivity index (χ2v) is 25.2. The van der Waals surface area contributed by atoms with E-state index >= 15 is 0 Å². The second kappa shape index (κ2) is 27.1. The van der Waals surface area contributed by atoms with Crippen molar-refractivity contribution in [2.24, 2.45) is 0 Å². The fourth-order valence-corrected chi connectivity index (χ4v) is 13.8. The maximum Gasteiger partial charge on any atom is 0.137 e. The predicted octanol–water partition coefficient (Wildman–Crippen LogP) is 27.4. The van der Waals surface area contributed by atoms with Gasteiger partial charge in [0.2, 0.25) is 0 Å². The summed E-state index contributed by atoms with van der Waals surface area (Å²) in [6.45, 7) is 0. The molecule has 16 aromatic carbocycles. The van der Waals surface area contributed by atoms with Crippen molar-refractivity contribution in [3.8, 4) is 89.0 Å². The summed E-state index contributed by atoms with van der Waals surface area (Å²) in [5.41, 5.74) is 29.0. The lowest BCUT2D eigenvalue weighted by Crippen LogP contribution is -2.10. The van der Waals surface area contributed by atoms with Crippen LogP contribution in [0.15, 0.2) is 409 Å². The topological polar surface area (TPSA) is 32.8 Å². The van der Waals surface area contributed by atoms with Crippen molar-refractivity contribution < 1.29 is 8.83 Å². The van der Waals surface area contributed by atoms with Crippen molar-refractivity contribution in [3.63, 3.8) is 0 Å². The van der Waals surface area contributed by atoms with E-state index < -0.39 is 0 Å². The van der Waals surface area contributed by atoms with E-state index in [2.05, 4.69) is 386 Å². The molecule has 0 saturated carbocycles. The van der Waals surface area contributed by atoms with E-state index in [1.807, 2.05) is 24.3 Å². The summed E-state index contributed by atoms with van der Waals surface area (Å²) in [5, 5.41) is 4.49. The minimum Gasteiger partial charge on any atom is -0.456 e. The molecular formula is C96H66N2O2. The van der Waals surface area contributed by atoms with Crippen molar-refractivity contribution in [1.29, 1.82) is 0 Å². The molecule has 18 aromatic rings. The Labute approximate surface area is 582 Å². The summed E-state index contributed by atoms with van der Waals surface area (Å²) < 4.78 is 12.7. The maximum absolute atomic E-state index is 6.37. The highest BCUT2D eigenvalue weighted by Gasteiger charge is 2.20. The van der Waals surface area contributed by atoms with E-state index in [0.29, 0.717) is 0 Å². The van der Waals surface area contributed by atoms with Crippen molar-refractivity contribution in [2.45, 2.75) is 0 Å². The van der Waals surface area contributed by atoms with E-state index in [9.17, 15) is 0 Å². The zero-order chi connectivity index (χ0) is 66.6. The van der Waals surface area contributed by atoms with Crippen LogP contribution >= 0.6 is 0 Å². The molecule has 4 nitrogen and oxygen atoms in total. The van der Waals surface area contributed by atoms with Gasteiger partial charge in [0.25, 0.3) is 0 Å². The molecule has 100 heavy (non-hydrogen) atoms. The molecule has 0 atom stereocenters. The Morgan fingerprint density at radius 3 is 0.650 bits per heavy atom. The zero-order valence-corrected chi connectivity index (χ0v) is 54.8. The number of furan rings is 2. The van der Waals surface area contributed by atoms with Crippen LogP contribution in [0.2, 0.25) is 0 Å². The SMILES string of the molecule is c1ccc(-c2ccc(-c3ccc(N(c4ccc(-c5ccc(-c6ccccc6)cc5)cc4)c4ccc5c(c4)oc4ccccc45)cc3)cc2)cc1.c1ccc(-c2ccc(-c3cccc(N(c4cccc(-c5ccc(-c6ccccc6)cc5)c4)c4ccc5c(c4)oc4ccccc45)c3)cc2)cc1. The van der Waals surface area contributed by atoms with Gasteiger partial charge >= 0.3 is 0 Å². The van der Waals surface area contributed by atoms with Gasteiger partial charge in [-0.25, -0.2) is 0 Å². The summed E-state index contributed by atoms with van der Waals surface area (Å²) in [5.74, 6) is 0. The molecule has 18 rings (SSSR count). The van der Waals surface area contributed by atoms with Gasteiger partial charge in [-0.3, -0.25) is 0 Å². The molecule has 0 amide bonds. The Kier molecular flexibility index (Phi) is 16.4. The molecule has 2 heterocycles. The van der Waals surface area contributed by atoms with Crippen LogP contribution in [0.1, 0.15) is 0 Å². The van der Waals surface area contributed by atoms with Crippen molar-refractivity contribution >= 4 is 78.0 Å². The van der Waals surface area contributed by atoms with Crippen LogP contribution in [0.3, 0.4) is 0 Å². The number of para-hydroxylation sites is 2. The molecule has 472 valence electrons. The normalized spacial score (nSPS) is 11.2. The standard InChI is InChI=1S/2C48H33NO/c1-3-11-34(12-4-1)36-21-25-38(26-22-36)40-15-9-17-42(31-40)49(44-29-30-46-45-19-7-8-20-47(45)50-48(46)33-44)43-18-10-16-41(32-43)39-27-23-37(24-28-39)35-13-5-2-6-14-35;1-3-9-34(10-4-1)36-15-19-38(20-16-36)40-23-27-42(28-24-40)49(44-31-32-46-45-13-7-8-14-47(45)50-48(46)33-44)43-29-25-41(26-30-43)39-21-17-37(18-22-39)35-11-5-2-6-12-35/h2*1-33H. The molecule has 0 N–H and O–H groups in total. The smallest absolute Gasteiger partial charge is 0.137 e. The number of fused-ring (bicyclic) bond motifs is 6.